The summed E-state index contributed by atoms with van der Waals surface area (Å²) in [7, 11) is -3.14. The van der Waals surface area contributed by atoms with Gasteiger partial charge in [-0.2, -0.15) is 0 Å². The van der Waals surface area contributed by atoms with Crippen molar-refractivity contribution in [2.45, 2.75) is 24.2 Å². The molecule has 1 aliphatic heterocycles. The summed E-state index contributed by atoms with van der Waals surface area (Å²) in [5.74, 6) is 2.12. The average molecular weight is 174 g/mol. The third kappa shape index (κ3) is 1.15. The van der Waals surface area contributed by atoms with E-state index in [2.05, 4.69) is 5.92 Å². The van der Waals surface area contributed by atoms with Gasteiger partial charge in [-0.1, -0.05) is 5.92 Å². The minimum atomic E-state index is -3.14. The maximum Gasteiger partial charge on any atom is 0.156 e. The van der Waals surface area contributed by atoms with Gasteiger partial charge in [0, 0.05) is 6.42 Å². The van der Waals surface area contributed by atoms with E-state index in [4.69, 9.17) is 6.42 Å². The zero-order valence-electron chi connectivity index (χ0n) is 6.24. The van der Waals surface area contributed by atoms with Crippen LogP contribution in [0.3, 0.4) is 0 Å². The molecule has 1 N–H and O–H groups in total. The molecule has 1 heterocycles. The van der Waals surface area contributed by atoms with Gasteiger partial charge in [-0.15, -0.1) is 6.42 Å². The summed E-state index contributed by atoms with van der Waals surface area (Å²) in [6.45, 7) is 1.45. The average Bonchev–Trinajstić information content (AvgIpc) is 2.16. The summed E-state index contributed by atoms with van der Waals surface area (Å²) >= 11 is 0. The van der Waals surface area contributed by atoms with E-state index in [1.165, 1.54) is 6.92 Å². The van der Waals surface area contributed by atoms with Crippen molar-refractivity contribution in [1.82, 2.24) is 0 Å². The van der Waals surface area contributed by atoms with Gasteiger partial charge in [0.2, 0.25) is 0 Å². The monoisotopic (exact) mass is 174 g/mol. The first-order chi connectivity index (χ1) is 4.92. The SMILES string of the molecule is C#CC1(O)CCS(=O)(=O)C1C. The standard InChI is InChI=1S/C7H10O3S/c1-3-7(8)4-5-11(9,10)6(7)2/h1,6,8H,4-5H2,2H3. The smallest absolute Gasteiger partial charge is 0.156 e. The lowest BCUT2D eigenvalue weighted by Crippen LogP contribution is -2.36. The number of terminal acetylenes is 1. The van der Waals surface area contributed by atoms with Crippen LogP contribution in [0.4, 0.5) is 0 Å². The van der Waals surface area contributed by atoms with Gasteiger partial charge < -0.3 is 5.11 Å². The van der Waals surface area contributed by atoms with Crippen molar-refractivity contribution in [1.29, 1.82) is 0 Å². The first-order valence-corrected chi connectivity index (χ1v) is 5.05. The van der Waals surface area contributed by atoms with Crippen molar-refractivity contribution in [3.8, 4) is 12.3 Å². The Hall–Kier alpha value is -0.530. The molecule has 1 fully saturated rings. The number of hydrogen-bond donors (Lipinski definition) is 1. The van der Waals surface area contributed by atoms with Crippen molar-refractivity contribution in [3.05, 3.63) is 0 Å². The molecule has 1 aliphatic rings. The van der Waals surface area contributed by atoms with E-state index < -0.39 is 20.7 Å². The van der Waals surface area contributed by atoms with Crippen molar-refractivity contribution in [2.75, 3.05) is 5.75 Å². The van der Waals surface area contributed by atoms with Crippen molar-refractivity contribution >= 4 is 9.84 Å². The van der Waals surface area contributed by atoms with Gasteiger partial charge in [-0.3, -0.25) is 0 Å². The molecule has 0 aliphatic carbocycles. The van der Waals surface area contributed by atoms with E-state index in [0.29, 0.717) is 0 Å². The molecule has 0 aromatic carbocycles. The highest BCUT2D eigenvalue weighted by Crippen LogP contribution is 2.29. The van der Waals surface area contributed by atoms with Crippen LogP contribution in [0.1, 0.15) is 13.3 Å². The van der Waals surface area contributed by atoms with Crippen LogP contribution in [0.15, 0.2) is 0 Å². The van der Waals surface area contributed by atoms with Crippen LogP contribution >= 0.6 is 0 Å². The summed E-state index contributed by atoms with van der Waals surface area (Å²) < 4.78 is 22.2. The maximum atomic E-state index is 11.1. The molecule has 1 saturated heterocycles. The van der Waals surface area contributed by atoms with Gasteiger partial charge in [-0.05, 0) is 6.92 Å². The fourth-order valence-electron chi connectivity index (χ4n) is 1.16. The minimum absolute atomic E-state index is 0.00509. The van der Waals surface area contributed by atoms with Gasteiger partial charge in [0.05, 0.1) is 11.0 Å². The number of rotatable bonds is 0. The molecule has 1 rings (SSSR count). The van der Waals surface area contributed by atoms with Gasteiger partial charge in [0.25, 0.3) is 0 Å². The fraction of sp³-hybridized carbons (Fsp3) is 0.714. The van der Waals surface area contributed by atoms with E-state index in [-0.39, 0.29) is 12.2 Å². The Morgan fingerprint density at radius 2 is 2.27 bits per heavy atom. The second-order valence-corrected chi connectivity index (χ2v) is 5.27. The molecule has 0 aromatic rings. The van der Waals surface area contributed by atoms with Crippen LogP contribution in [-0.2, 0) is 9.84 Å². The number of aliphatic hydroxyl groups is 1. The highest BCUT2D eigenvalue weighted by molar-refractivity contribution is 7.92. The molecule has 3 nitrogen and oxygen atoms in total. The van der Waals surface area contributed by atoms with Gasteiger partial charge in [0.15, 0.2) is 9.84 Å². The van der Waals surface area contributed by atoms with E-state index >= 15 is 0 Å². The molecule has 0 radical (unpaired) electrons. The highest BCUT2D eigenvalue weighted by atomic mass is 32.2. The molecular formula is C7H10O3S. The zero-order chi connectivity index (χ0) is 8.70. The van der Waals surface area contributed by atoms with E-state index in [1.54, 1.807) is 0 Å². The molecular weight excluding hydrogens is 164 g/mol. The van der Waals surface area contributed by atoms with Crippen LogP contribution in [0, 0.1) is 12.3 Å². The second-order valence-electron chi connectivity index (χ2n) is 2.83. The lowest BCUT2D eigenvalue weighted by atomic mass is 9.99. The fourth-order valence-corrected chi connectivity index (χ4v) is 2.89. The van der Waals surface area contributed by atoms with Crippen LogP contribution < -0.4 is 0 Å². The Morgan fingerprint density at radius 3 is 2.45 bits per heavy atom. The van der Waals surface area contributed by atoms with Crippen LogP contribution in [0.2, 0.25) is 0 Å². The summed E-state index contributed by atoms with van der Waals surface area (Å²) in [5.41, 5.74) is -1.43. The maximum absolute atomic E-state index is 11.1. The summed E-state index contributed by atoms with van der Waals surface area (Å²) in [6.07, 6.45) is 5.17. The van der Waals surface area contributed by atoms with E-state index in [0.717, 1.165) is 0 Å². The third-order valence-corrected chi connectivity index (χ3v) is 4.47. The lowest BCUT2D eigenvalue weighted by Gasteiger charge is -2.18. The Bertz CT molecular complexity index is 298. The first-order valence-electron chi connectivity index (χ1n) is 3.34. The Balaban J connectivity index is 3.08. The summed E-state index contributed by atoms with van der Waals surface area (Å²) in [4.78, 5) is 0. The molecule has 2 atom stereocenters. The Labute approximate surface area is 66.3 Å². The Kier molecular flexibility index (Phi) is 1.73. The molecule has 4 heteroatoms. The van der Waals surface area contributed by atoms with Gasteiger partial charge in [0.1, 0.15) is 5.60 Å². The molecule has 0 saturated carbocycles. The molecule has 0 spiro atoms. The summed E-state index contributed by atoms with van der Waals surface area (Å²) in [6, 6.07) is 0. The molecule has 0 bridgehead atoms. The quantitative estimate of drug-likeness (QED) is 0.506. The number of sulfone groups is 1. The topological polar surface area (TPSA) is 54.4 Å². The highest BCUT2D eigenvalue weighted by Gasteiger charge is 2.47. The summed E-state index contributed by atoms with van der Waals surface area (Å²) in [5, 5.41) is 8.67. The molecule has 0 amide bonds. The second kappa shape index (κ2) is 2.23. The van der Waals surface area contributed by atoms with Gasteiger partial charge in [-0.25, -0.2) is 8.42 Å². The molecule has 2 unspecified atom stereocenters. The number of hydrogen-bond acceptors (Lipinski definition) is 3. The van der Waals surface area contributed by atoms with Crippen LogP contribution in [0.5, 0.6) is 0 Å². The molecule has 62 valence electrons. The predicted molar refractivity (Wildman–Crippen MR) is 41.6 cm³/mol. The van der Waals surface area contributed by atoms with Crippen molar-refractivity contribution in [2.24, 2.45) is 0 Å². The van der Waals surface area contributed by atoms with Crippen LogP contribution in [0.25, 0.3) is 0 Å². The first kappa shape index (κ1) is 8.57. The predicted octanol–water partition coefficient (Wildman–Crippen LogP) is -0.442. The lowest BCUT2D eigenvalue weighted by molar-refractivity contribution is 0.107. The Morgan fingerprint density at radius 1 is 1.73 bits per heavy atom. The molecule has 11 heavy (non-hydrogen) atoms. The van der Waals surface area contributed by atoms with Crippen molar-refractivity contribution in [3.63, 3.8) is 0 Å². The van der Waals surface area contributed by atoms with Crippen molar-refractivity contribution < 1.29 is 13.5 Å². The largest absolute Gasteiger partial charge is 0.376 e. The third-order valence-electron chi connectivity index (χ3n) is 2.23. The normalized spacial score (nSPS) is 41.7. The van der Waals surface area contributed by atoms with E-state index in [9.17, 15) is 13.5 Å². The molecule has 0 aromatic heterocycles. The van der Waals surface area contributed by atoms with E-state index in [1.807, 2.05) is 0 Å². The zero-order valence-corrected chi connectivity index (χ0v) is 7.06. The van der Waals surface area contributed by atoms with Crippen LogP contribution in [-0.4, -0.2) is 30.1 Å². The van der Waals surface area contributed by atoms with Gasteiger partial charge >= 0.3 is 0 Å². The minimum Gasteiger partial charge on any atom is -0.376 e.